The number of carboxylic acid groups (broad SMARTS) is 1. The van der Waals surface area contributed by atoms with E-state index in [0.717, 1.165) is 5.69 Å². The van der Waals surface area contributed by atoms with Gasteiger partial charge in [-0.25, -0.2) is 14.6 Å². The number of nitrogens with one attached hydrogen (secondary N) is 2. The lowest BCUT2D eigenvalue weighted by Gasteiger charge is -2.25. The second kappa shape index (κ2) is 5.30. The topological polar surface area (TPSA) is 98.3 Å². The van der Waals surface area contributed by atoms with Crippen LogP contribution in [0.25, 0.3) is 0 Å². The molecule has 98 valence electrons. The fraction of sp³-hybridized carbons (Fsp3) is 0.500. The van der Waals surface area contributed by atoms with Crippen molar-refractivity contribution in [1.82, 2.24) is 20.2 Å². The molecular weight excluding hydrogens is 256 g/mol. The van der Waals surface area contributed by atoms with Crippen LogP contribution in [0.5, 0.6) is 0 Å². The van der Waals surface area contributed by atoms with E-state index in [1.165, 1.54) is 23.0 Å². The molecule has 1 aliphatic heterocycles. The third-order valence-electron chi connectivity index (χ3n) is 2.73. The lowest BCUT2D eigenvalue weighted by Crippen LogP contribution is -2.49. The molecular formula is C10H14N4O3S. The Bertz CT molecular complexity index is 436. The summed E-state index contributed by atoms with van der Waals surface area (Å²) in [7, 11) is 0. The van der Waals surface area contributed by atoms with Gasteiger partial charge in [0.15, 0.2) is 0 Å². The molecule has 2 rings (SSSR count). The zero-order valence-electron chi connectivity index (χ0n) is 9.79. The molecule has 18 heavy (non-hydrogen) atoms. The van der Waals surface area contributed by atoms with Crippen LogP contribution in [0, 0.1) is 0 Å². The van der Waals surface area contributed by atoms with E-state index in [1.807, 2.05) is 6.92 Å². The molecule has 1 saturated heterocycles. The number of hydrogen-bond donors (Lipinski definition) is 3. The highest BCUT2D eigenvalue weighted by molar-refractivity contribution is 8.00. The highest BCUT2D eigenvalue weighted by atomic mass is 32.2. The number of hydrogen-bond acceptors (Lipinski definition) is 4. The van der Waals surface area contributed by atoms with E-state index in [9.17, 15) is 9.59 Å². The van der Waals surface area contributed by atoms with Gasteiger partial charge in [0.25, 0.3) is 0 Å². The van der Waals surface area contributed by atoms with E-state index in [-0.39, 0.29) is 11.4 Å². The lowest BCUT2D eigenvalue weighted by molar-refractivity contribution is -0.141. The van der Waals surface area contributed by atoms with Gasteiger partial charge in [-0.1, -0.05) is 0 Å². The van der Waals surface area contributed by atoms with Crippen LogP contribution in [0.2, 0.25) is 0 Å². The molecule has 2 unspecified atom stereocenters. The van der Waals surface area contributed by atoms with Crippen LogP contribution in [0.3, 0.4) is 0 Å². The molecule has 1 aromatic rings. The maximum atomic E-state index is 12.0. The van der Waals surface area contributed by atoms with Crippen LogP contribution in [-0.4, -0.2) is 49.1 Å². The SMILES string of the molecule is CC1SCC(C(=O)O)N1C(=O)NCc1cnc[nH]1. The maximum Gasteiger partial charge on any atom is 0.327 e. The minimum absolute atomic E-state index is 0.132. The number of carbonyl (C=O) groups excluding carboxylic acids is 1. The predicted octanol–water partition coefficient (Wildman–Crippen LogP) is 0.467. The van der Waals surface area contributed by atoms with Crippen molar-refractivity contribution in [3.63, 3.8) is 0 Å². The normalized spacial score (nSPS) is 23.1. The number of amides is 2. The van der Waals surface area contributed by atoms with Crippen molar-refractivity contribution in [1.29, 1.82) is 0 Å². The van der Waals surface area contributed by atoms with Gasteiger partial charge in [-0.15, -0.1) is 11.8 Å². The number of carbonyl (C=O) groups is 2. The molecule has 1 aromatic heterocycles. The number of thioether (sulfide) groups is 1. The predicted molar refractivity (Wildman–Crippen MR) is 66.0 cm³/mol. The van der Waals surface area contributed by atoms with Crippen LogP contribution in [0.4, 0.5) is 4.79 Å². The number of imidazole rings is 1. The van der Waals surface area contributed by atoms with Gasteiger partial charge >= 0.3 is 12.0 Å². The van der Waals surface area contributed by atoms with Gasteiger partial charge in [-0.2, -0.15) is 0 Å². The Hall–Kier alpha value is -1.70. The van der Waals surface area contributed by atoms with Crippen LogP contribution < -0.4 is 5.32 Å². The van der Waals surface area contributed by atoms with Gasteiger partial charge in [-0.05, 0) is 6.92 Å². The molecule has 0 radical (unpaired) electrons. The molecule has 0 spiro atoms. The maximum absolute atomic E-state index is 12.0. The quantitative estimate of drug-likeness (QED) is 0.741. The molecule has 3 N–H and O–H groups in total. The van der Waals surface area contributed by atoms with Crippen molar-refractivity contribution in [3.05, 3.63) is 18.2 Å². The molecule has 2 heterocycles. The summed E-state index contributed by atoms with van der Waals surface area (Å²) in [4.78, 5) is 31.1. The average Bonchev–Trinajstić information content (AvgIpc) is 2.94. The first-order valence-corrected chi connectivity index (χ1v) is 6.52. The van der Waals surface area contributed by atoms with E-state index in [1.54, 1.807) is 6.20 Å². The number of aromatic amines is 1. The van der Waals surface area contributed by atoms with Crippen LogP contribution in [0.1, 0.15) is 12.6 Å². The molecule has 0 bridgehead atoms. The highest BCUT2D eigenvalue weighted by Gasteiger charge is 2.39. The standard InChI is InChI=1S/C10H14N4O3S/c1-6-14(8(4-18-6)9(15)16)10(17)12-3-7-2-11-5-13-7/h2,5-6,8H,3-4H2,1H3,(H,11,13)(H,12,17)(H,15,16). The summed E-state index contributed by atoms with van der Waals surface area (Å²) in [5.41, 5.74) is 0.773. The van der Waals surface area contributed by atoms with E-state index < -0.39 is 12.0 Å². The monoisotopic (exact) mass is 270 g/mol. The number of H-pyrrole nitrogens is 1. The number of aliphatic carboxylic acids is 1. The van der Waals surface area contributed by atoms with Crippen LogP contribution >= 0.6 is 11.8 Å². The lowest BCUT2D eigenvalue weighted by atomic mass is 10.3. The first-order valence-electron chi connectivity index (χ1n) is 5.47. The van der Waals surface area contributed by atoms with E-state index >= 15 is 0 Å². The first-order chi connectivity index (χ1) is 8.59. The van der Waals surface area contributed by atoms with E-state index in [4.69, 9.17) is 5.11 Å². The second-order valence-corrected chi connectivity index (χ2v) is 5.28. The number of carboxylic acids is 1. The Morgan fingerprint density at radius 1 is 1.72 bits per heavy atom. The van der Waals surface area contributed by atoms with Gasteiger partial charge in [0.1, 0.15) is 6.04 Å². The van der Waals surface area contributed by atoms with Gasteiger partial charge in [0.05, 0.1) is 23.9 Å². The summed E-state index contributed by atoms with van der Waals surface area (Å²) in [6.07, 6.45) is 3.13. The van der Waals surface area contributed by atoms with Gasteiger partial charge in [-0.3, -0.25) is 4.90 Å². The minimum Gasteiger partial charge on any atom is -0.480 e. The average molecular weight is 270 g/mol. The van der Waals surface area contributed by atoms with Crippen molar-refractivity contribution in [2.45, 2.75) is 24.9 Å². The molecule has 2 amide bonds. The molecule has 1 aliphatic rings. The van der Waals surface area contributed by atoms with Crippen molar-refractivity contribution in [2.75, 3.05) is 5.75 Å². The Morgan fingerprint density at radius 3 is 3.11 bits per heavy atom. The van der Waals surface area contributed by atoms with Crippen LogP contribution in [-0.2, 0) is 11.3 Å². The van der Waals surface area contributed by atoms with Crippen molar-refractivity contribution >= 4 is 23.8 Å². The molecule has 0 saturated carbocycles. The fourth-order valence-corrected chi connectivity index (χ4v) is 2.95. The fourth-order valence-electron chi connectivity index (χ4n) is 1.78. The summed E-state index contributed by atoms with van der Waals surface area (Å²) in [6, 6.07) is -1.12. The van der Waals surface area contributed by atoms with Crippen molar-refractivity contribution in [2.24, 2.45) is 0 Å². The summed E-state index contributed by atoms with van der Waals surface area (Å²) < 4.78 is 0. The smallest absolute Gasteiger partial charge is 0.327 e. The summed E-state index contributed by atoms with van der Waals surface area (Å²) in [6.45, 7) is 2.13. The first kappa shape index (κ1) is 12.7. The van der Waals surface area contributed by atoms with E-state index in [2.05, 4.69) is 15.3 Å². The highest BCUT2D eigenvalue weighted by Crippen LogP contribution is 2.28. The zero-order valence-corrected chi connectivity index (χ0v) is 10.6. The van der Waals surface area contributed by atoms with Crippen LogP contribution in [0.15, 0.2) is 12.5 Å². The largest absolute Gasteiger partial charge is 0.480 e. The molecule has 0 aliphatic carbocycles. The zero-order chi connectivity index (χ0) is 13.1. The minimum atomic E-state index is -0.969. The summed E-state index contributed by atoms with van der Waals surface area (Å²) in [5, 5.41) is 11.6. The number of aromatic nitrogens is 2. The molecule has 1 fully saturated rings. The van der Waals surface area contributed by atoms with Crippen molar-refractivity contribution < 1.29 is 14.7 Å². The van der Waals surface area contributed by atoms with Crippen molar-refractivity contribution in [3.8, 4) is 0 Å². The Morgan fingerprint density at radius 2 is 2.50 bits per heavy atom. The Kier molecular flexibility index (Phi) is 3.75. The molecule has 7 nitrogen and oxygen atoms in total. The second-order valence-electron chi connectivity index (χ2n) is 3.93. The molecule has 8 heteroatoms. The third-order valence-corrected chi connectivity index (χ3v) is 3.95. The summed E-state index contributed by atoms with van der Waals surface area (Å²) >= 11 is 1.46. The Labute approximate surface area is 108 Å². The van der Waals surface area contributed by atoms with E-state index in [0.29, 0.717) is 12.3 Å². The summed E-state index contributed by atoms with van der Waals surface area (Å²) in [5.74, 6) is -0.544. The van der Waals surface area contributed by atoms with Gasteiger partial charge in [0.2, 0.25) is 0 Å². The number of nitrogens with zero attached hydrogens (tertiary/aromatic N) is 2. The molecule has 0 aromatic carbocycles. The van der Waals surface area contributed by atoms with Gasteiger partial charge < -0.3 is 15.4 Å². The van der Waals surface area contributed by atoms with Gasteiger partial charge in [0, 0.05) is 11.9 Å². The number of urea groups is 1. The number of rotatable bonds is 3. The third kappa shape index (κ3) is 2.58. The molecule has 2 atom stereocenters. The Balaban J connectivity index is 1.96.